The van der Waals surface area contributed by atoms with Gasteiger partial charge in [-0.25, -0.2) is 4.79 Å². The Morgan fingerprint density at radius 3 is 2.55 bits per heavy atom. The summed E-state index contributed by atoms with van der Waals surface area (Å²) in [5.41, 5.74) is 0.855. The maximum absolute atomic E-state index is 10.9. The van der Waals surface area contributed by atoms with E-state index >= 15 is 0 Å². The second-order valence-electron chi connectivity index (χ2n) is 2.38. The van der Waals surface area contributed by atoms with Crippen LogP contribution in [0, 0.1) is 6.92 Å². The average Bonchev–Trinajstić information content (AvgIpc) is 2.19. The summed E-state index contributed by atoms with van der Waals surface area (Å²) in [6.07, 6.45) is 3.61. The van der Waals surface area contributed by atoms with Gasteiger partial charge in [0.15, 0.2) is 5.76 Å². The summed E-state index contributed by atoms with van der Waals surface area (Å²) in [5, 5.41) is 0. The Bertz CT molecular complexity index is 330. The van der Waals surface area contributed by atoms with Gasteiger partial charge in [-0.05, 0) is 19.9 Å². The highest BCUT2D eigenvalue weighted by Gasteiger charge is 2.04. The van der Waals surface area contributed by atoms with E-state index in [0.717, 1.165) is 5.69 Å². The number of oxazole rings is 1. The molecule has 0 saturated heterocycles. The zero-order chi connectivity index (χ0) is 8.43. The van der Waals surface area contributed by atoms with Gasteiger partial charge in [0.25, 0.3) is 0 Å². The van der Waals surface area contributed by atoms with Crippen molar-refractivity contribution in [3.05, 3.63) is 28.1 Å². The van der Waals surface area contributed by atoms with Crippen molar-refractivity contribution in [2.45, 2.75) is 13.8 Å². The fourth-order valence-corrected chi connectivity index (χ4v) is 0.845. The summed E-state index contributed by atoms with van der Waals surface area (Å²) >= 11 is 0. The van der Waals surface area contributed by atoms with Crippen LogP contribution in [0.1, 0.15) is 18.4 Å². The highest BCUT2D eigenvalue weighted by molar-refractivity contribution is 5.44. The Balaban J connectivity index is 3.30. The molecule has 11 heavy (non-hydrogen) atoms. The van der Waals surface area contributed by atoms with E-state index in [2.05, 4.69) is 0 Å². The summed E-state index contributed by atoms with van der Waals surface area (Å²) < 4.78 is 6.39. The minimum atomic E-state index is -0.310. The van der Waals surface area contributed by atoms with E-state index in [-0.39, 0.29) is 5.76 Å². The molecule has 0 atom stereocenters. The summed E-state index contributed by atoms with van der Waals surface area (Å²) in [6.45, 7) is 3.73. The molecule has 0 radical (unpaired) electrons. The van der Waals surface area contributed by atoms with Crippen molar-refractivity contribution in [2.24, 2.45) is 7.05 Å². The molecule has 0 amide bonds. The lowest BCUT2D eigenvalue weighted by atomic mass is 10.3. The van der Waals surface area contributed by atoms with E-state index in [4.69, 9.17) is 4.42 Å². The van der Waals surface area contributed by atoms with Gasteiger partial charge in [0.05, 0.1) is 5.69 Å². The second kappa shape index (κ2) is 2.78. The Hall–Kier alpha value is -1.25. The third-order valence-electron chi connectivity index (χ3n) is 1.65. The zero-order valence-electron chi connectivity index (χ0n) is 6.92. The Kier molecular flexibility index (Phi) is 1.98. The lowest BCUT2D eigenvalue weighted by Gasteiger charge is -1.89. The fourth-order valence-electron chi connectivity index (χ4n) is 0.845. The molecule has 3 heteroatoms. The van der Waals surface area contributed by atoms with Crippen LogP contribution in [0.5, 0.6) is 0 Å². The third-order valence-corrected chi connectivity index (χ3v) is 1.65. The Morgan fingerprint density at radius 2 is 2.18 bits per heavy atom. The third kappa shape index (κ3) is 1.27. The number of allylic oxidation sites excluding steroid dienone is 1. The van der Waals surface area contributed by atoms with Crippen LogP contribution in [0.2, 0.25) is 0 Å². The normalized spacial score (nSPS) is 11.2. The molecule has 0 aliphatic rings. The van der Waals surface area contributed by atoms with Gasteiger partial charge in [0.2, 0.25) is 0 Å². The smallest absolute Gasteiger partial charge is 0.408 e. The SMILES string of the molecule is C/C=C\c1oc(=O)n(C)c1C. The minimum absolute atomic E-state index is 0.310. The molecule has 0 bridgehead atoms. The second-order valence-corrected chi connectivity index (χ2v) is 2.38. The molecule has 0 unspecified atom stereocenters. The predicted octanol–water partition coefficient (Wildman–Crippen LogP) is 1.32. The van der Waals surface area contributed by atoms with Crippen molar-refractivity contribution in [1.29, 1.82) is 0 Å². The van der Waals surface area contributed by atoms with Crippen LogP contribution in [0.15, 0.2) is 15.3 Å². The summed E-state index contributed by atoms with van der Waals surface area (Å²) in [6, 6.07) is 0. The van der Waals surface area contributed by atoms with Crippen molar-refractivity contribution in [1.82, 2.24) is 4.57 Å². The van der Waals surface area contributed by atoms with Crippen molar-refractivity contribution in [3.8, 4) is 0 Å². The van der Waals surface area contributed by atoms with Crippen LogP contribution in [-0.2, 0) is 7.05 Å². The van der Waals surface area contributed by atoms with Crippen LogP contribution >= 0.6 is 0 Å². The van der Waals surface area contributed by atoms with Gasteiger partial charge in [0.1, 0.15) is 0 Å². The highest BCUT2D eigenvalue weighted by atomic mass is 16.4. The standard InChI is InChI=1S/C8H11NO2/c1-4-5-7-6(2)9(3)8(10)11-7/h4-5H,1-3H3/b5-4-. The van der Waals surface area contributed by atoms with Gasteiger partial charge in [-0.3, -0.25) is 4.57 Å². The first-order valence-electron chi connectivity index (χ1n) is 3.46. The van der Waals surface area contributed by atoms with Gasteiger partial charge in [0, 0.05) is 7.05 Å². The maximum atomic E-state index is 10.9. The summed E-state index contributed by atoms with van der Waals surface area (Å²) in [7, 11) is 1.69. The van der Waals surface area contributed by atoms with Gasteiger partial charge in [-0.15, -0.1) is 0 Å². The lowest BCUT2D eigenvalue weighted by Crippen LogP contribution is -2.09. The number of hydrogen-bond acceptors (Lipinski definition) is 2. The molecule has 1 heterocycles. The van der Waals surface area contributed by atoms with E-state index < -0.39 is 0 Å². The number of nitrogens with zero attached hydrogens (tertiary/aromatic N) is 1. The van der Waals surface area contributed by atoms with E-state index in [9.17, 15) is 4.79 Å². The van der Waals surface area contributed by atoms with Crippen LogP contribution in [-0.4, -0.2) is 4.57 Å². The molecule has 1 rings (SSSR count). The molecule has 0 spiro atoms. The molecule has 1 aromatic heterocycles. The monoisotopic (exact) mass is 153 g/mol. The van der Waals surface area contributed by atoms with Crippen molar-refractivity contribution in [3.63, 3.8) is 0 Å². The van der Waals surface area contributed by atoms with Crippen molar-refractivity contribution in [2.75, 3.05) is 0 Å². The number of aromatic nitrogens is 1. The first-order valence-corrected chi connectivity index (χ1v) is 3.46. The van der Waals surface area contributed by atoms with E-state index in [1.165, 1.54) is 4.57 Å². The van der Waals surface area contributed by atoms with E-state index in [1.54, 1.807) is 13.1 Å². The molecule has 60 valence electrons. The van der Waals surface area contributed by atoms with E-state index in [0.29, 0.717) is 5.76 Å². The average molecular weight is 153 g/mol. The largest absolute Gasteiger partial charge is 0.419 e. The van der Waals surface area contributed by atoms with Gasteiger partial charge >= 0.3 is 5.76 Å². The number of hydrogen-bond donors (Lipinski definition) is 0. The first kappa shape index (κ1) is 7.85. The molecular formula is C8H11NO2. The maximum Gasteiger partial charge on any atom is 0.419 e. The Morgan fingerprint density at radius 1 is 1.55 bits per heavy atom. The predicted molar refractivity (Wildman–Crippen MR) is 43.4 cm³/mol. The van der Waals surface area contributed by atoms with Gasteiger partial charge in [-0.2, -0.15) is 0 Å². The van der Waals surface area contributed by atoms with Crippen molar-refractivity contribution < 1.29 is 4.42 Å². The molecule has 0 saturated carbocycles. The van der Waals surface area contributed by atoms with Crippen LogP contribution in [0.25, 0.3) is 6.08 Å². The first-order chi connectivity index (χ1) is 5.16. The van der Waals surface area contributed by atoms with E-state index in [1.807, 2.05) is 19.9 Å². The number of rotatable bonds is 1. The zero-order valence-corrected chi connectivity index (χ0v) is 6.92. The van der Waals surface area contributed by atoms with Crippen LogP contribution in [0.3, 0.4) is 0 Å². The molecule has 0 N–H and O–H groups in total. The summed E-state index contributed by atoms with van der Waals surface area (Å²) in [5.74, 6) is 0.329. The van der Waals surface area contributed by atoms with Crippen LogP contribution < -0.4 is 5.76 Å². The molecular weight excluding hydrogens is 142 g/mol. The molecule has 0 fully saturated rings. The highest BCUT2D eigenvalue weighted by Crippen LogP contribution is 2.05. The van der Waals surface area contributed by atoms with Crippen LogP contribution in [0.4, 0.5) is 0 Å². The molecule has 0 aliphatic carbocycles. The minimum Gasteiger partial charge on any atom is -0.408 e. The summed E-state index contributed by atoms with van der Waals surface area (Å²) in [4.78, 5) is 10.9. The molecule has 0 aliphatic heterocycles. The van der Waals surface area contributed by atoms with Gasteiger partial charge in [-0.1, -0.05) is 6.08 Å². The molecule has 1 aromatic rings. The molecule has 0 aromatic carbocycles. The van der Waals surface area contributed by atoms with Crippen molar-refractivity contribution >= 4 is 6.08 Å². The Labute approximate surface area is 65.0 Å². The van der Waals surface area contributed by atoms with Gasteiger partial charge < -0.3 is 4.42 Å². The lowest BCUT2D eigenvalue weighted by molar-refractivity contribution is 0.487. The topological polar surface area (TPSA) is 35.1 Å². The quantitative estimate of drug-likeness (QED) is 0.610. The molecule has 3 nitrogen and oxygen atoms in total. The fraction of sp³-hybridized carbons (Fsp3) is 0.375.